The summed E-state index contributed by atoms with van der Waals surface area (Å²) in [6.07, 6.45) is 4.70. The minimum atomic E-state index is 0.286. The molecule has 0 bridgehead atoms. The van der Waals surface area contributed by atoms with Crippen molar-refractivity contribution in [3.63, 3.8) is 0 Å². The second-order valence-corrected chi connectivity index (χ2v) is 4.57. The fourth-order valence-corrected chi connectivity index (χ4v) is 2.55. The fraction of sp³-hybridized carbons (Fsp3) is 0.571. The van der Waals surface area contributed by atoms with Crippen molar-refractivity contribution in [3.8, 4) is 0 Å². The van der Waals surface area contributed by atoms with Gasteiger partial charge in [-0.15, -0.1) is 0 Å². The number of hydrogen-bond donors (Lipinski definition) is 2. The molecule has 0 fully saturated rings. The van der Waals surface area contributed by atoms with Crippen molar-refractivity contribution in [2.24, 2.45) is 0 Å². The number of fused-ring (bicyclic) bond motifs is 1. The molecule has 1 aliphatic carbocycles. The normalized spacial score (nSPS) is 19.4. The number of aliphatic hydroxyl groups excluding tert-OH is 1. The molecule has 0 aliphatic heterocycles. The van der Waals surface area contributed by atoms with E-state index in [-0.39, 0.29) is 6.61 Å². The average Bonchev–Trinajstić information content (AvgIpc) is 2.35. The fourth-order valence-electron chi connectivity index (χ4n) is 2.55. The Morgan fingerprint density at radius 2 is 2.19 bits per heavy atom. The first kappa shape index (κ1) is 11.6. The van der Waals surface area contributed by atoms with Gasteiger partial charge in [-0.3, -0.25) is 0 Å². The summed E-state index contributed by atoms with van der Waals surface area (Å²) in [6, 6.07) is 8.81. The molecule has 1 atom stereocenters. The lowest BCUT2D eigenvalue weighted by Gasteiger charge is -2.25. The van der Waals surface area contributed by atoms with Crippen LogP contribution in [0.15, 0.2) is 24.3 Å². The first-order valence-corrected chi connectivity index (χ1v) is 6.31. The smallest absolute Gasteiger partial charge is 0.0443 e. The number of aliphatic hydroxyl groups is 1. The Morgan fingerprint density at radius 3 is 3.06 bits per heavy atom. The van der Waals surface area contributed by atoms with E-state index < -0.39 is 0 Å². The van der Waals surface area contributed by atoms with Crippen molar-refractivity contribution in [2.45, 2.75) is 31.6 Å². The van der Waals surface area contributed by atoms with Gasteiger partial charge in [0.15, 0.2) is 0 Å². The van der Waals surface area contributed by atoms with Gasteiger partial charge >= 0.3 is 0 Å². The summed E-state index contributed by atoms with van der Waals surface area (Å²) in [5.74, 6) is 0.670. The molecule has 16 heavy (non-hydrogen) atoms. The van der Waals surface area contributed by atoms with Crippen LogP contribution >= 0.6 is 0 Å². The van der Waals surface area contributed by atoms with Crippen molar-refractivity contribution in [1.82, 2.24) is 5.32 Å². The summed E-state index contributed by atoms with van der Waals surface area (Å²) in [6.45, 7) is 2.26. The molecule has 2 nitrogen and oxygen atoms in total. The van der Waals surface area contributed by atoms with Crippen LogP contribution in [0.3, 0.4) is 0 Å². The molecule has 0 saturated heterocycles. The molecule has 2 heteroatoms. The third-order valence-electron chi connectivity index (χ3n) is 3.40. The predicted octanol–water partition coefficient (Wildman–Crippen LogP) is 2.08. The zero-order chi connectivity index (χ0) is 11.2. The molecule has 2 rings (SSSR count). The topological polar surface area (TPSA) is 32.3 Å². The summed E-state index contributed by atoms with van der Waals surface area (Å²) in [7, 11) is 0. The molecular weight excluding hydrogens is 198 g/mol. The molecule has 1 aromatic carbocycles. The van der Waals surface area contributed by atoms with Crippen molar-refractivity contribution in [1.29, 1.82) is 0 Å². The molecule has 1 aromatic rings. The van der Waals surface area contributed by atoms with Gasteiger partial charge in [-0.05, 0) is 49.3 Å². The van der Waals surface area contributed by atoms with Crippen LogP contribution in [0.25, 0.3) is 0 Å². The largest absolute Gasteiger partial charge is 0.396 e. The highest BCUT2D eigenvalue weighted by molar-refractivity contribution is 5.32. The standard InChI is InChI=1S/C14H21NO/c16-10-4-9-15-11-13-7-3-6-12-5-1-2-8-14(12)13/h1-2,5,8,13,15-16H,3-4,6-7,9-11H2. The van der Waals surface area contributed by atoms with E-state index in [9.17, 15) is 0 Å². The predicted molar refractivity (Wildman–Crippen MR) is 66.7 cm³/mol. The third-order valence-corrected chi connectivity index (χ3v) is 3.40. The third kappa shape index (κ3) is 2.83. The van der Waals surface area contributed by atoms with Gasteiger partial charge in [0.1, 0.15) is 0 Å². The second kappa shape index (κ2) is 6.02. The van der Waals surface area contributed by atoms with Crippen LogP contribution in [0.4, 0.5) is 0 Å². The number of rotatable bonds is 5. The van der Waals surface area contributed by atoms with Crippen LogP contribution < -0.4 is 5.32 Å². The molecule has 0 amide bonds. The van der Waals surface area contributed by atoms with Crippen LogP contribution in [0.5, 0.6) is 0 Å². The van der Waals surface area contributed by atoms with Gasteiger partial charge < -0.3 is 10.4 Å². The summed E-state index contributed by atoms with van der Waals surface area (Å²) >= 11 is 0. The number of nitrogens with one attached hydrogen (secondary N) is 1. The lowest BCUT2D eigenvalue weighted by molar-refractivity contribution is 0.285. The van der Waals surface area contributed by atoms with E-state index in [0.717, 1.165) is 19.5 Å². The molecular formula is C14H21NO. The van der Waals surface area contributed by atoms with Crippen LogP contribution in [0.2, 0.25) is 0 Å². The summed E-state index contributed by atoms with van der Waals surface area (Å²) < 4.78 is 0. The first-order chi connectivity index (χ1) is 7.92. The van der Waals surface area contributed by atoms with Crippen LogP contribution in [0, 0.1) is 0 Å². The highest BCUT2D eigenvalue weighted by Crippen LogP contribution is 2.30. The van der Waals surface area contributed by atoms with E-state index in [4.69, 9.17) is 5.11 Å². The Hall–Kier alpha value is -0.860. The second-order valence-electron chi connectivity index (χ2n) is 4.57. The molecule has 0 heterocycles. The van der Waals surface area contributed by atoms with Gasteiger partial charge in [-0.2, -0.15) is 0 Å². The van der Waals surface area contributed by atoms with Crippen molar-refractivity contribution < 1.29 is 5.11 Å². The Balaban J connectivity index is 1.91. The van der Waals surface area contributed by atoms with Crippen molar-refractivity contribution in [2.75, 3.05) is 19.7 Å². The maximum absolute atomic E-state index is 8.72. The highest BCUT2D eigenvalue weighted by atomic mass is 16.3. The molecule has 0 radical (unpaired) electrons. The molecule has 1 unspecified atom stereocenters. The van der Waals surface area contributed by atoms with E-state index in [1.807, 2.05) is 0 Å². The molecule has 1 aliphatic rings. The number of benzene rings is 1. The SMILES string of the molecule is OCCCNCC1CCCc2ccccc21. The minimum absolute atomic E-state index is 0.286. The molecule has 0 aromatic heterocycles. The van der Waals surface area contributed by atoms with E-state index in [1.165, 1.54) is 30.4 Å². The highest BCUT2D eigenvalue weighted by Gasteiger charge is 2.18. The lowest BCUT2D eigenvalue weighted by atomic mass is 9.83. The van der Waals surface area contributed by atoms with Crippen LogP contribution in [-0.4, -0.2) is 24.8 Å². The Kier molecular flexibility index (Phi) is 4.37. The monoisotopic (exact) mass is 219 g/mol. The Morgan fingerprint density at radius 1 is 1.31 bits per heavy atom. The van der Waals surface area contributed by atoms with Crippen LogP contribution in [0.1, 0.15) is 36.3 Å². The van der Waals surface area contributed by atoms with E-state index in [0.29, 0.717) is 5.92 Å². The van der Waals surface area contributed by atoms with Gasteiger partial charge in [0.25, 0.3) is 0 Å². The number of hydrogen-bond acceptors (Lipinski definition) is 2. The zero-order valence-corrected chi connectivity index (χ0v) is 9.78. The molecule has 0 spiro atoms. The molecule has 0 saturated carbocycles. The van der Waals surface area contributed by atoms with E-state index in [2.05, 4.69) is 29.6 Å². The zero-order valence-electron chi connectivity index (χ0n) is 9.78. The number of aryl methyl sites for hydroxylation is 1. The maximum atomic E-state index is 8.72. The summed E-state index contributed by atoms with van der Waals surface area (Å²) in [5.41, 5.74) is 3.06. The van der Waals surface area contributed by atoms with E-state index >= 15 is 0 Å². The van der Waals surface area contributed by atoms with Crippen LogP contribution in [-0.2, 0) is 6.42 Å². The van der Waals surface area contributed by atoms with Gasteiger partial charge in [-0.25, -0.2) is 0 Å². The summed E-state index contributed by atoms with van der Waals surface area (Å²) in [5, 5.41) is 12.2. The Bertz CT molecular complexity index is 324. The van der Waals surface area contributed by atoms with Gasteiger partial charge in [-0.1, -0.05) is 24.3 Å². The first-order valence-electron chi connectivity index (χ1n) is 6.31. The lowest BCUT2D eigenvalue weighted by Crippen LogP contribution is -2.25. The van der Waals surface area contributed by atoms with Gasteiger partial charge in [0, 0.05) is 13.2 Å². The van der Waals surface area contributed by atoms with Gasteiger partial charge in [0.2, 0.25) is 0 Å². The van der Waals surface area contributed by atoms with Crippen molar-refractivity contribution >= 4 is 0 Å². The molecule has 2 N–H and O–H groups in total. The van der Waals surface area contributed by atoms with Crippen molar-refractivity contribution in [3.05, 3.63) is 35.4 Å². The van der Waals surface area contributed by atoms with Gasteiger partial charge in [0.05, 0.1) is 0 Å². The quantitative estimate of drug-likeness (QED) is 0.743. The maximum Gasteiger partial charge on any atom is 0.0443 e. The minimum Gasteiger partial charge on any atom is -0.396 e. The van der Waals surface area contributed by atoms with E-state index in [1.54, 1.807) is 0 Å². The molecule has 88 valence electrons. The summed E-state index contributed by atoms with van der Waals surface area (Å²) in [4.78, 5) is 0. The average molecular weight is 219 g/mol. The Labute approximate surface area is 97.7 Å².